The first-order valence-corrected chi connectivity index (χ1v) is 6.46. The number of nitrogens with one attached hydrogen (secondary N) is 1. The van der Waals surface area contributed by atoms with E-state index in [1.54, 1.807) is 6.20 Å². The zero-order chi connectivity index (χ0) is 12.7. The molecule has 0 aliphatic heterocycles. The van der Waals surface area contributed by atoms with Crippen LogP contribution in [0.1, 0.15) is 5.56 Å². The van der Waals surface area contributed by atoms with E-state index < -0.39 is 0 Å². The molecule has 0 saturated carbocycles. The zero-order valence-corrected chi connectivity index (χ0v) is 11.8. The van der Waals surface area contributed by atoms with Crippen molar-refractivity contribution in [3.05, 3.63) is 33.7 Å². The second-order valence-corrected chi connectivity index (χ2v) is 5.05. The Morgan fingerprint density at radius 3 is 2.94 bits per heavy atom. The zero-order valence-electron chi connectivity index (χ0n) is 9.61. The number of aromatic amines is 1. The molecule has 0 radical (unpaired) electrons. The average molecular weight is 351 g/mol. The summed E-state index contributed by atoms with van der Waals surface area (Å²) in [7, 11) is 0. The number of aromatic nitrogens is 4. The van der Waals surface area contributed by atoms with E-state index in [1.807, 2.05) is 12.1 Å². The molecule has 3 N–H and O–H groups in total. The van der Waals surface area contributed by atoms with Gasteiger partial charge in [0.1, 0.15) is 3.70 Å². The number of nitrogen functional groups attached to an aromatic ring is 1. The molecule has 2 aromatic heterocycles. The molecule has 1 aromatic carbocycles. The molecule has 0 aliphatic carbocycles. The molecule has 6 heteroatoms. The van der Waals surface area contributed by atoms with Gasteiger partial charge in [-0.25, -0.2) is 9.97 Å². The Bertz CT molecular complexity index is 734. The van der Waals surface area contributed by atoms with E-state index in [1.165, 1.54) is 0 Å². The van der Waals surface area contributed by atoms with E-state index in [2.05, 4.69) is 55.7 Å². The Morgan fingerprint density at radius 1 is 1.33 bits per heavy atom. The number of benzene rings is 1. The smallest absolute Gasteiger partial charge is 0.220 e. The molecule has 0 amide bonds. The van der Waals surface area contributed by atoms with Gasteiger partial charge in [0, 0.05) is 17.1 Å². The number of halogens is 1. The van der Waals surface area contributed by atoms with Crippen molar-refractivity contribution in [1.29, 1.82) is 0 Å². The molecular formula is C12H10IN5. The Hall–Kier alpha value is -1.70. The summed E-state index contributed by atoms with van der Waals surface area (Å²) in [4.78, 5) is 8.16. The number of aryl methyl sites for hydroxylation is 1. The van der Waals surface area contributed by atoms with Gasteiger partial charge in [0.2, 0.25) is 5.95 Å². The van der Waals surface area contributed by atoms with Gasteiger partial charge in [0.15, 0.2) is 0 Å². The van der Waals surface area contributed by atoms with Crippen LogP contribution in [-0.2, 0) is 0 Å². The van der Waals surface area contributed by atoms with Crippen molar-refractivity contribution in [1.82, 2.24) is 20.2 Å². The lowest BCUT2D eigenvalue weighted by atomic mass is 10.0. The lowest BCUT2D eigenvalue weighted by molar-refractivity contribution is 1.09. The minimum Gasteiger partial charge on any atom is -0.368 e. The van der Waals surface area contributed by atoms with Crippen LogP contribution in [0, 0.1) is 10.6 Å². The van der Waals surface area contributed by atoms with E-state index >= 15 is 0 Å². The van der Waals surface area contributed by atoms with E-state index in [9.17, 15) is 0 Å². The van der Waals surface area contributed by atoms with Crippen molar-refractivity contribution in [2.24, 2.45) is 0 Å². The highest BCUT2D eigenvalue weighted by atomic mass is 127. The maximum atomic E-state index is 5.62. The van der Waals surface area contributed by atoms with Crippen LogP contribution in [0.15, 0.2) is 24.4 Å². The van der Waals surface area contributed by atoms with Crippen molar-refractivity contribution in [3.63, 3.8) is 0 Å². The third-order valence-electron chi connectivity index (χ3n) is 2.81. The Morgan fingerprint density at radius 2 is 2.17 bits per heavy atom. The van der Waals surface area contributed by atoms with Crippen molar-refractivity contribution in [2.75, 3.05) is 5.73 Å². The standard InChI is InChI=1S/C12H10IN5/c1-6-4-8-10(17-18-11(8)13)5-7(6)9-2-3-15-12(14)16-9/h2-5H,1H3,(H,17,18)(H2,14,15,16). The molecule has 0 aliphatic rings. The number of hydrogen-bond acceptors (Lipinski definition) is 4. The first-order chi connectivity index (χ1) is 8.65. The second kappa shape index (κ2) is 4.20. The monoisotopic (exact) mass is 351 g/mol. The minimum atomic E-state index is 0.284. The molecule has 0 spiro atoms. The molecule has 90 valence electrons. The molecule has 0 unspecified atom stereocenters. The van der Waals surface area contributed by atoms with E-state index in [0.717, 1.165) is 31.4 Å². The lowest BCUT2D eigenvalue weighted by Crippen LogP contribution is -1.96. The van der Waals surface area contributed by atoms with Crippen LogP contribution in [0.4, 0.5) is 5.95 Å². The van der Waals surface area contributed by atoms with Gasteiger partial charge in [-0.1, -0.05) is 0 Å². The molecule has 0 bridgehead atoms. The molecular weight excluding hydrogens is 341 g/mol. The number of nitrogens with zero attached hydrogens (tertiary/aromatic N) is 3. The summed E-state index contributed by atoms with van der Waals surface area (Å²) in [6.07, 6.45) is 1.66. The quantitative estimate of drug-likeness (QED) is 0.661. The summed E-state index contributed by atoms with van der Waals surface area (Å²) in [6.45, 7) is 2.05. The van der Waals surface area contributed by atoms with Gasteiger partial charge in [-0.3, -0.25) is 5.10 Å². The molecule has 0 atom stereocenters. The number of anilines is 1. The van der Waals surface area contributed by atoms with Crippen LogP contribution >= 0.6 is 22.6 Å². The van der Waals surface area contributed by atoms with Crippen molar-refractivity contribution in [3.8, 4) is 11.3 Å². The predicted octanol–water partition coefficient (Wildman–Crippen LogP) is 2.52. The van der Waals surface area contributed by atoms with Gasteiger partial charge in [0.05, 0.1) is 11.2 Å². The van der Waals surface area contributed by atoms with Crippen LogP contribution < -0.4 is 5.73 Å². The van der Waals surface area contributed by atoms with Crippen molar-refractivity contribution < 1.29 is 0 Å². The topological polar surface area (TPSA) is 80.5 Å². The van der Waals surface area contributed by atoms with E-state index in [4.69, 9.17) is 5.73 Å². The van der Waals surface area contributed by atoms with Crippen LogP contribution in [0.3, 0.4) is 0 Å². The SMILES string of the molecule is Cc1cc2c(I)n[nH]c2cc1-c1ccnc(N)n1. The third kappa shape index (κ3) is 1.82. The fourth-order valence-electron chi connectivity index (χ4n) is 1.94. The van der Waals surface area contributed by atoms with Crippen molar-refractivity contribution in [2.45, 2.75) is 6.92 Å². The number of nitrogens with two attached hydrogens (primary N) is 1. The number of H-pyrrole nitrogens is 1. The van der Waals surface area contributed by atoms with Crippen LogP contribution in [0.5, 0.6) is 0 Å². The van der Waals surface area contributed by atoms with E-state index in [0.29, 0.717) is 0 Å². The fourth-order valence-corrected chi connectivity index (χ4v) is 2.51. The summed E-state index contributed by atoms with van der Waals surface area (Å²) >= 11 is 2.21. The Labute approximate surface area is 117 Å². The fraction of sp³-hybridized carbons (Fsp3) is 0.0833. The maximum Gasteiger partial charge on any atom is 0.220 e. The summed E-state index contributed by atoms with van der Waals surface area (Å²) in [6, 6.07) is 6.00. The largest absolute Gasteiger partial charge is 0.368 e. The number of hydrogen-bond donors (Lipinski definition) is 2. The number of fused-ring (bicyclic) bond motifs is 1. The average Bonchev–Trinajstić information content (AvgIpc) is 2.70. The lowest BCUT2D eigenvalue weighted by Gasteiger charge is -2.05. The van der Waals surface area contributed by atoms with Crippen LogP contribution in [-0.4, -0.2) is 20.2 Å². The molecule has 3 aromatic rings. The summed E-state index contributed by atoms with van der Waals surface area (Å²) in [5.74, 6) is 0.284. The summed E-state index contributed by atoms with van der Waals surface area (Å²) in [5.41, 5.74) is 9.62. The van der Waals surface area contributed by atoms with E-state index in [-0.39, 0.29) is 5.95 Å². The molecule has 3 rings (SSSR count). The molecule has 2 heterocycles. The first-order valence-electron chi connectivity index (χ1n) is 5.38. The third-order valence-corrected chi connectivity index (χ3v) is 3.63. The summed E-state index contributed by atoms with van der Waals surface area (Å²) in [5, 5.41) is 8.33. The maximum absolute atomic E-state index is 5.62. The highest BCUT2D eigenvalue weighted by Crippen LogP contribution is 2.28. The van der Waals surface area contributed by atoms with Gasteiger partial charge in [-0.05, 0) is 53.3 Å². The first kappa shape index (κ1) is 11.4. The number of rotatable bonds is 1. The van der Waals surface area contributed by atoms with Gasteiger partial charge >= 0.3 is 0 Å². The van der Waals surface area contributed by atoms with Crippen LogP contribution in [0.25, 0.3) is 22.2 Å². The minimum absolute atomic E-state index is 0.284. The Kier molecular flexibility index (Phi) is 2.66. The van der Waals surface area contributed by atoms with Gasteiger partial charge in [-0.15, -0.1) is 0 Å². The second-order valence-electron chi connectivity index (χ2n) is 4.03. The van der Waals surface area contributed by atoms with Gasteiger partial charge in [-0.2, -0.15) is 5.10 Å². The van der Waals surface area contributed by atoms with Gasteiger partial charge in [0.25, 0.3) is 0 Å². The van der Waals surface area contributed by atoms with Crippen LogP contribution in [0.2, 0.25) is 0 Å². The predicted molar refractivity (Wildman–Crippen MR) is 79.0 cm³/mol. The normalized spacial score (nSPS) is 11.0. The highest BCUT2D eigenvalue weighted by Gasteiger charge is 2.09. The summed E-state index contributed by atoms with van der Waals surface area (Å²) < 4.78 is 0.972. The molecule has 0 saturated heterocycles. The molecule has 0 fully saturated rings. The highest BCUT2D eigenvalue weighted by molar-refractivity contribution is 14.1. The van der Waals surface area contributed by atoms with Crippen molar-refractivity contribution >= 4 is 39.4 Å². The Balaban J connectivity index is 2.26. The van der Waals surface area contributed by atoms with Gasteiger partial charge < -0.3 is 5.73 Å². The molecule has 18 heavy (non-hydrogen) atoms. The molecule has 5 nitrogen and oxygen atoms in total.